The molecular weight excluding hydrogens is 737 g/mol. The Bertz CT molecular complexity index is 3160. The zero-order valence-electron chi connectivity index (χ0n) is 34.3. The molecule has 1 aliphatic heterocycles. The predicted octanol–water partition coefficient (Wildman–Crippen LogP) is 16.6. The minimum absolute atomic E-state index is 0.238. The molecule has 11 rings (SSSR count). The number of benzene rings is 10. The standard InChI is InChI=1S/C59H44N2/c1-59(2)54-26-13-14-27-56(54)61(58-51-24-12-10-17-45(51)34-38-53(58)52-25-15-18-44-16-9-11-23-50(44)52)57-39-35-46(40-55(57)59)43-30-28-41(29-31-43)42-32-36-49(37-33-42)60(47-19-5-3-6-20-47)48-21-7-4-8-22-48/h3-40H,1-2H3. The quantitative estimate of drug-likeness (QED) is 0.159. The Morgan fingerprint density at radius 3 is 1.52 bits per heavy atom. The second-order valence-electron chi connectivity index (χ2n) is 16.5. The molecule has 0 bridgehead atoms. The molecule has 61 heavy (non-hydrogen) atoms. The van der Waals surface area contributed by atoms with Crippen LogP contribution in [0.1, 0.15) is 25.0 Å². The van der Waals surface area contributed by atoms with Crippen molar-refractivity contribution in [3.63, 3.8) is 0 Å². The van der Waals surface area contributed by atoms with E-state index >= 15 is 0 Å². The van der Waals surface area contributed by atoms with Gasteiger partial charge in [0.05, 0.1) is 17.1 Å². The molecule has 0 saturated carbocycles. The van der Waals surface area contributed by atoms with Crippen molar-refractivity contribution in [1.82, 2.24) is 0 Å². The van der Waals surface area contributed by atoms with E-state index in [2.05, 4.69) is 254 Å². The zero-order chi connectivity index (χ0) is 40.9. The van der Waals surface area contributed by atoms with Gasteiger partial charge in [-0.25, -0.2) is 0 Å². The van der Waals surface area contributed by atoms with Gasteiger partial charge in [0.15, 0.2) is 0 Å². The highest BCUT2D eigenvalue weighted by Crippen LogP contribution is 2.56. The van der Waals surface area contributed by atoms with Crippen LogP contribution < -0.4 is 9.80 Å². The number of hydrogen-bond donors (Lipinski definition) is 0. The van der Waals surface area contributed by atoms with E-state index in [1.807, 2.05) is 0 Å². The third kappa shape index (κ3) is 6.27. The molecular formula is C59H44N2. The van der Waals surface area contributed by atoms with E-state index in [-0.39, 0.29) is 5.41 Å². The van der Waals surface area contributed by atoms with Gasteiger partial charge in [0.25, 0.3) is 0 Å². The first-order chi connectivity index (χ1) is 30.0. The molecule has 0 saturated heterocycles. The van der Waals surface area contributed by atoms with Crippen molar-refractivity contribution >= 4 is 55.7 Å². The van der Waals surface area contributed by atoms with Gasteiger partial charge in [-0.1, -0.05) is 190 Å². The van der Waals surface area contributed by atoms with Crippen LogP contribution in [0.3, 0.4) is 0 Å². The molecule has 290 valence electrons. The van der Waals surface area contributed by atoms with Crippen molar-refractivity contribution in [1.29, 1.82) is 0 Å². The van der Waals surface area contributed by atoms with Gasteiger partial charge in [-0.05, 0) is 110 Å². The van der Waals surface area contributed by atoms with Crippen LogP contribution in [0.2, 0.25) is 0 Å². The van der Waals surface area contributed by atoms with E-state index in [0.29, 0.717) is 0 Å². The Morgan fingerprint density at radius 2 is 0.836 bits per heavy atom. The SMILES string of the molecule is CC1(C)c2ccccc2N(c2c(-c3cccc4ccccc34)ccc3ccccc23)c2ccc(-c3ccc(-c4ccc(N(c5ccccc5)c5ccccc5)cc4)cc3)cc21. The molecule has 0 atom stereocenters. The average Bonchev–Trinajstić information content (AvgIpc) is 3.32. The number of nitrogens with zero attached hydrogens (tertiary/aromatic N) is 2. The summed E-state index contributed by atoms with van der Waals surface area (Å²) in [6.45, 7) is 4.76. The molecule has 2 nitrogen and oxygen atoms in total. The summed E-state index contributed by atoms with van der Waals surface area (Å²) in [5.41, 5.74) is 16.6. The van der Waals surface area contributed by atoms with Gasteiger partial charge in [-0.15, -0.1) is 0 Å². The molecule has 0 aliphatic carbocycles. The van der Waals surface area contributed by atoms with Gasteiger partial charge in [-0.3, -0.25) is 0 Å². The van der Waals surface area contributed by atoms with E-state index in [9.17, 15) is 0 Å². The number of rotatable bonds is 7. The van der Waals surface area contributed by atoms with Crippen LogP contribution in [-0.4, -0.2) is 0 Å². The van der Waals surface area contributed by atoms with E-state index in [0.717, 1.165) is 17.1 Å². The lowest BCUT2D eigenvalue weighted by Gasteiger charge is -2.43. The minimum atomic E-state index is -0.238. The molecule has 0 N–H and O–H groups in total. The summed E-state index contributed by atoms with van der Waals surface area (Å²) in [5, 5.41) is 4.95. The fourth-order valence-electron chi connectivity index (χ4n) is 9.56. The lowest BCUT2D eigenvalue weighted by atomic mass is 9.72. The van der Waals surface area contributed by atoms with Gasteiger partial charge in [0.2, 0.25) is 0 Å². The first-order valence-electron chi connectivity index (χ1n) is 21.2. The van der Waals surface area contributed by atoms with Gasteiger partial charge >= 0.3 is 0 Å². The summed E-state index contributed by atoms with van der Waals surface area (Å²) < 4.78 is 0. The lowest BCUT2D eigenvalue weighted by Crippen LogP contribution is -2.31. The highest BCUT2D eigenvalue weighted by molar-refractivity contribution is 6.11. The highest BCUT2D eigenvalue weighted by atomic mass is 15.2. The van der Waals surface area contributed by atoms with Crippen LogP contribution >= 0.6 is 0 Å². The van der Waals surface area contributed by atoms with Gasteiger partial charge in [-0.2, -0.15) is 0 Å². The maximum Gasteiger partial charge on any atom is 0.0618 e. The van der Waals surface area contributed by atoms with E-state index in [4.69, 9.17) is 0 Å². The molecule has 1 aliphatic rings. The average molecular weight is 781 g/mol. The van der Waals surface area contributed by atoms with E-state index < -0.39 is 0 Å². The lowest BCUT2D eigenvalue weighted by molar-refractivity contribution is 0.632. The Morgan fingerprint density at radius 1 is 0.344 bits per heavy atom. The maximum absolute atomic E-state index is 2.54. The van der Waals surface area contributed by atoms with Crippen molar-refractivity contribution in [2.75, 3.05) is 9.80 Å². The van der Waals surface area contributed by atoms with Gasteiger partial charge < -0.3 is 9.80 Å². The van der Waals surface area contributed by atoms with Crippen molar-refractivity contribution < 1.29 is 0 Å². The number of anilines is 6. The summed E-state index contributed by atoms with van der Waals surface area (Å²) in [6, 6.07) is 84.1. The van der Waals surface area contributed by atoms with E-state index in [1.165, 1.54) is 83.1 Å². The minimum Gasteiger partial charge on any atom is -0.311 e. The number of fused-ring (bicyclic) bond motifs is 4. The Kier molecular flexibility index (Phi) is 8.86. The number of para-hydroxylation sites is 3. The van der Waals surface area contributed by atoms with Gasteiger partial charge in [0, 0.05) is 33.4 Å². The maximum atomic E-state index is 2.54. The third-order valence-electron chi connectivity index (χ3n) is 12.6. The second-order valence-corrected chi connectivity index (χ2v) is 16.5. The molecule has 2 heteroatoms. The molecule has 0 spiro atoms. The van der Waals surface area contributed by atoms with Crippen molar-refractivity contribution in [3.05, 3.63) is 242 Å². The summed E-state index contributed by atoms with van der Waals surface area (Å²) in [7, 11) is 0. The van der Waals surface area contributed by atoms with Crippen molar-refractivity contribution in [3.8, 4) is 33.4 Å². The number of hydrogen-bond acceptors (Lipinski definition) is 2. The Labute approximate surface area is 358 Å². The Balaban J connectivity index is 0.994. The molecule has 0 radical (unpaired) electrons. The normalized spacial score (nSPS) is 12.9. The Hall–Kier alpha value is -7.68. The van der Waals surface area contributed by atoms with Crippen LogP contribution in [0, 0.1) is 0 Å². The molecule has 1 heterocycles. The summed E-state index contributed by atoms with van der Waals surface area (Å²) >= 11 is 0. The van der Waals surface area contributed by atoms with Crippen molar-refractivity contribution in [2.24, 2.45) is 0 Å². The fraction of sp³-hybridized carbons (Fsp3) is 0.0508. The van der Waals surface area contributed by atoms with Crippen LogP contribution in [0.25, 0.3) is 54.9 Å². The van der Waals surface area contributed by atoms with Crippen LogP contribution in [0.5, 0.6) is 0 Å². The summed E-state index contributed by atoms with van der Waals surface area (Å²) in [6.07, 6.45) is 0. The van der Waals surface area contributed by atoms with Crippen LogP contribution in [-0.2, 0) is 5.41 Å². The molecule has 0 amide bonds. The monoisotopic (exact) mass is 780 g/mol. The van der Waals surface area contributed by atoms with E-state index in [1.54, 1.807) is 0 Å². The largest absolute Gasteiger partial charge is 0.311 e. The first kappa shape index (κ1) is 36.4. The van der Waals surface area contributed by atoms with Crippen LogP contribution in [0.4, 0.5) is 34.1 Å². The second kappa shape index (κ2) is 14.9. The van der Waals surface area contributed by atoms with Gasteiger partial charge in [0.1, 0.15) is 0 Å². The fourth-order valence-corrected chi connectivity index (χ4v) is 9.56. The topological polar surface area (TPSA) is 6.48 Å². The molecule has 0 fully saturated rings. The summed E-state index contributed by atoms with van der Waals surface area (Å²) in [4.78, 5) is 4.84. The summed E-state index contributed by atoms with van der Waals surface area (Å²) in [5.74, 6) is 0. The van der Waals surface area contributed by atoms with Crippen LogP contribution in [0.15, 0.2) is 231 Å². The predicted molar refractivity (Wildman–Crippen MR) is 259 cm³/mol. The zero-order valence-corrected chi connectivity index (χ0v) is 34.3. The first-order valence-corrected chi connectivity index (χ1v) is 21.2. The molecule has 10 aromatic rings. The molecule has 0 aromatic heterocycles. The highest BCUT2D eigenvalue weighted by Gasteiger charge is 2.38. The molecule has 0 unspecified atom stereocenters. The third-order valence-corrected chi connectivity index (χ3v) is 12.6. The smallest absolute Gasteiger partial charge is 0.0618 e. The molecule has 10 aromatic carbocycles. The van der Waals surface area contributed by atoms with Crippen molar-refractivity contribution in [2.45, 2.75) is 19.3 Å².